The average molecular weight is 573 g/mol. The third-order valence-electron chi connectivity index (χ3n) is 8.38. The van der Waals surface area contributed by atoms with Crippen molar-refractivity contribution in [3.63, 3.8) is 0 Å². The summed E-state index contributed by atoms with van der Waals surface area (Å²) in [6, 6.07) is 25.6. The first-order chi connectivity index (χ1) is 19.9. The van der Waals surface area contributed by atoms with E-state index in [2.05, 4.69) is 0 Å². The van der Waals surface area contributed by atoms with E-state index in [1.54, 1.807) is 0 Å². The number of anilines is 2. The van der Waals surface area contributed by atoms with E-state index in [0.29, 0.717) is 22.3 Å². The number of nitrogen functional groups attached to an aromatic ring is 2. The zero-order chi connectivity index (χ0) is 29.6. The molecule has 0 fully saturated rings. The predicted octanol–water partition coefficient (Wildman–Crippen LogP) is 9.21. The Morgan fingerprint density at radius 3 is 1.05 bits per heavy atom. The molecule has 2 bridgehead atoms. The van der Waals surface area contributed by atoms with Gasteiger partial charge in [-0.2, -0.15) is 26.3 Å². The molecule has 8 heteroatoms. The molecular formula is C34H22F6N2. The molecule has 42 heavy (non-hydrogen) atoms. The van der Waals surface area contributed by atoms with E-state index in [0.717, 1.165) is 34.4 Å². The van der Waals surface area contributed by atoms with Gasteiger partial charge in [-0.1, -0.05) is 72.8 Å². The molecule has 0 amide bonds. The lowest BCUT2D eigenvalue weighted by molar-refractivity contribution is -0.137. The van der Waals surface area contributed by atoms with Crippen molar-refractivity contribution in [1.29, 1.82) is 0 Å². The normalized spacial score (nSPS) is 17.0. The SMILES string of the molecule is Nc1ccc(-c2ccc(-c3ccc(N)cc3C(F)(F)F)c3c2C2c4ccccc4C3c3ccccc32)c(C(F)(F)F)c1. The molecule has 0 saturated carbocycles. The summed E-state index contributed by atoms with van der Waals surface area (Å²) in [6.07, 6.45) is -9.42. The van der Waals surface area contributed by atoms with Crippen LogP contribution in [-0.4, -0.2) is 0 Å². The molecule has 0 aromatic heterocycles. The van der Waals surface area contributed by atoms with Crippen LogP contribution in [0.25, 0.3) is 22.3 Å². The van der Waals surface area contributed by atoms with Crippen LogP contribution in [0, 0.1) is 0 Å². The minimum Gasteiger partial charge on any atom is -0.399 e. The fourth-order valence-electron chi connectivity index (χ4n) is 6.82. The number of alkyl halides is 6. The number of hydrogen-bond donors (Lipinski definition) is 2. The second-order valence-corrected chi connectivity index (χ2v) is 10.7. The molecule has 210 valence electrons. The molecule has 0 heterocycles. The first-order valence-corrected chi connectivity index (χ1v) is 13.2. The van der Waals surface area contributed by atoms with Gasteiger partial charge in [0.25, 0.3) is 0 Å². The molecule has 0 radical (unpaired) electrons. The summed E-state index contributed by atoms with van der Waals surface area (Å²) in [4.78, 5) is 0. The fourth-order valence-corrected chi connectivity index (χ4v) is 6.82. The van der Waals surface area contributed by atoms with Crippen LogP contribution in [-0.2, 0) is 12.4 Å². The minimum atomic E-state index is -4.71. The lowest BCUT2D eigenvalue weighted by atomic mass is 9.58. The first-order valence-electron chi connectivity index (χ1n) is 13.2. The van der Waals surface area contributed by atoms with Crippen molar-refractivity contribution in [2.75, 3.05) is 11.5 Å². The average Bonchev–Trinajstić information content (AvgIpc) is 2.95. The molecule has 8 rings (SSSR count). The van der Waals surface area contributed by atoms with E-state index >= 15 is 0 Å². The number of benzene rings is 5. The second-order valence-electron chi connectivity index (χ2n) is 10.7. The van der Waals surface area contributed by atoms with Crippen molar-refractivity contribution in [3.05, 3.63) is 142 Å². The van der Waals surface area contributed by atoms with Gasteiger partial charge in [-0.3, -0.25) is 0 Å². The number of nitrogens with two attached hydrogens (primary N) is 2. The van der Waals surface area contributed by atoms with Gasteiger partial charge in [0.15, 0.2) is 0 Å². The van der Waals surface area contributed by atoms with Crippen molar-refractivity contribution in [2.24, 2.45) is 0 Å². The molecule has 0 atom stereocenters. The number of hydrogen-bond acceptors (Lipinski definition) is 2. The number of rotatable bonds is 2. The van der Waals surface area contributed by atoms with Crippen LogP contribution in [0.5, 0.6) is 0 Å². The second kappa shape index (κ2) is 8.89. The van der Waals surface area contributed by atoms with Crippen LogP contribution >= 0.6 is 0 Å². The van der Waals surface area contributed by atoms with Crippen molar-refractivity contribution in [1.82, 2.24) is 0 Å². The molecule has 5 aromatic rings. The van der Waals surface area contributed by atoms with Crippen molar-refractivity contribution in [3.8, 4) is 22.3 Å². The smallest absolute Gasteiger partial charge is 0.399 e. The molecule has 0 aliphatic heterocycles. The maximum atomic E-state index is 14.4. The molecule has 5 aromatic carbocycles. The summed E-state index contributed by atoms with van der Waals surface area (Å²) >= 11 is 0. The van der Waals surface area contributed by atoms with Crippen molar-refractivity contribution in [2.45, 2.75) is 24.2 Å². The Morgan fingerprint density at radius 2 is 0.738 bits per heavy atom. The van der Waals surface area contributed by atoms with Gasteiger partial charge in [0.1, 0.15) is 0 Å². The zero-order valence-electron chi connectivity index (χ0n) is 21.8. The van der Waals surface area contributed by atoms with Crippen LogP contribution in [0.1, 0.15) is 56.3 Å². The highest BCUT2D eigenvalue weighted by Crippen LogP contribution is 2.60. The summed E-state index contributed by atoms with van der Waals surface area (Å²) in [5.74, 6) is -0.983. The molecule has 0 unspecified atom stereocenters. The minimum absolute atomic E-state index is 0.0366. The van der Waals surface area contributed by atoms with Gasteiger partial charge in [0.2, 0.25) is 0 Å². The van der Waals surface area contributed by atoms with Crippen LogP contribution in [0.4, 0.5) is 37.7 Å². The standard InChI is InChI=1S/C34H22F6N2/c35-33(36,37)27-15-17(41)9-11-19(27)25-13-14-26(20-12-10-18(42)16-28(20)34(38,39)40)32-30-22-6-2-1-5-21(22)29(31(25)32)23-7-3-4-8-24(23)30/h1-16,29-30H,41-42H2. The van der Waals surface area contributed by atoms with E-state index in [1.807, 2.05) is 48.5 Å². The number of halogens is 6. The monoisotopic (exact) mass is 572 g/mol. The summed E-state index contributed by atoms with van der Waals surface area (Å²) < 4.78 is 86.3. The lowest BCUT2D eigenvalue weighted by Crippen LogP contribution is -2.29. The molecule has 0 saturated heterocycles. The summed E-state index contributed by atoms with van der Waals surface area (Å²) in [7, 11) is 0. The molecular weight excluding hydrogens is 550 g/mol. The summed E-state index contributed by atoms with van der Waals surface area (Å²) in [5.41, 5.74) is 15.0. The Balaban J connectivity index is 1.63. The van der Waals surface area contributed by atoms with E-state index in [9.17, 15) is 26.3 Å². The maximum Gasteiger partial charge on any atom is 0.417 e. The van der Waals surface area contributed by atoms with Crippen LogP contribution < -0.4 is 11.5 Å². The molecule has 3 aliphatic carbocycles. The predicted molar refractivity (Wildman–Crippen MR) is 151 cm³/mol. The Morgan fingerprint density at radius 1 is 0.429 bits per heavy atom. The Labute approximate surface area is 237 Å². The van der Waals surface area contributed by atoms with Gasteiger partial charge in [-0.25, -0.2) is 0 Å². The Hall–Kier alpha value is -4.72. The van der Waals surface area contributed by atoms with Crippen molar-refractivity contribution >= 4 is 11.4 Å². The van der Waals surface area contributed by atoms with Crippen LogP contribution in [0.15, 0.2) is 97.1 Å². The van der Waals surface area contributed by atoms with Gasteiger partial charge in [0, 0.05) is 23.2 Å². The van der Waals surface area contributed by atoms with Crippen LogP contribution in [0.2, 0.25) is 0 Å². The third-order valence-corrected chi connectivity index (χ3v) is 8.38. The lowest BCUT2D eigenvalue weighted by Gasteiger charge is -2.44. The zero-order valence-corrected chi connectivity index (χ0v) is 21.8. The highest BCUT2D eigenvalue weighted by Gasteiger charge is 2.45. The van der Waals surface area contributed by atoms with E-state index in [4.69, 9.17) is 11.5 Å². The quantitative estimate of drug-likeness (QED) is 0.160. The Bertz CT molecular complexity index is 1720. The van der Waals surface area contributed by atoms with Gasteiger partial charge in [-0.05, 0) is 79.9 Å². The van der Waals surface area contributed by atoms with Crippen molar-refractivity contribution < 1.29 is 26.3 Å². The molecule has 4 N–H and O–H groups in total. The topological polar surface area (TPSA) is 52.0 Å². The van der Waals surface area contributed by atoms with Gasteiger partial charge < -0.3 is 11.5 Å². The summed E-state index contributed by atoms with van der Waals surface area (Å²) in [6.45, 7) is 0. The van der Waals surface area contributed by atoms with E-state index in [-0.39, 0.29) is 22.5 Å². The maximum absolute atomic E-state index is 14.4. The highest BCUT2D eigenvalue weighted by molar-refractivity contribution is 5.88. The van der Waals surface area contributed by atoms with Crippen LogP contribution in [0.3, 0.4) is 0 Å². The molecule has 0 spiro atoms. The fraction of sp³-hybridized carbons (Fsp3) is 0.118. The highest BCUT2D eigenvalue weighted by atomic mass is 19.4. The largest absolute Gasteiger partial charge is 0.417 e. The third kappa shape index (κ3) is 3.81. The van der Waals surface area contributed by atoms with Gasteiger partial charge >= 0.3 is 12.4 Å². The first kappa shape index (κ1) is 26.2. The Kier molecular flexibility index (Phi) is 5.54. The van der Waals surface area contributed by atoms with E-state index in [1.165, 1.54) is 36.4 Å². The molecule has 3 aliphatic rings. The van der Waals surface area contributed by atoms with Gasteiger partial charge in [0.05, 0.1) is 11.1 Å². The summed E-state index contributed by atoms with van der Waals surface area (Å²) in [5, 5.41) is 0. The molecule has 2 nitrogen and oxygen atoms in total. The van der Waals surface area contributed by atoms with E-state index < -0.39 is 35.3 Å². The van der Waals surface area contributed by atoms with Gasteiger partial charge in [-0.15, -0.1) is 0 Å².